The molecule has 0 aliphatic carbocycles. The molecule has 1 rings (SSSR count). The minimum absolute atomic E-state index is 0.167. The summed E-state index contributed by atoms with van der Waals surface area (Å²) in [4.78, 5) is 25.4. The second-order valence-corrected chi connectivity index (χ2v) is 6.34. The number of methoxy groups -OCH3 is 2. The van der Waals surface area contributed by atoms with E-state index in [0.29, 0.717) is 26.1 Å². The smallest absolute Gasteiger partial charge is 0.339 e. The second kappa shape index (κ2) is 10.6. The lowest BCUT2D eigenvalue weighted by Gasteiger charge is -2.37. The van der Waals surface area contributed by atoms with Crippen LogP contribution in [0.4, 0.5) is 0 Å². The van der Waals surface area contributed by atoms with E-state index in [9.17, 15) is 14.7 Å². The Labute approximate surface area is 144 Å². The van der Waals surface area contributed by atoms with E-state index in [0.717, 1.165) is 25.7 Å². The van der Waals surface area contributed by atoms with E-state index >= 15 is 0 Å². The molecule has 24 heavy (non-hydrogen) atoms. The van der Waals surface area contributed by atoms with Crippen LogP contribution in [-0.2, 0) is 23.8 Å². The third-order valence-corrected chi connectivity index (χ3v) is 4.34. The molecule has 1 fully saturated rings. The number of carbonyl (C=O) groups is 2. The van der Waals surface area contributed by atoms with Crippen LogP contribution >= 0.6 is 0 Å². The van der Waals surface area contributed by atoms with Gasteiger partial charge in [-0.05, 0) is 12.8 Å². The fourth-order valence-corrected chi connectivity index (χ4v) is 2.97. The average molecular weight is 345 g/mol. The number of ether oxygens (including phenoxy) is 3. The molecule has 0 bridgehead atoms. The monoisotopic (exact) mass is 345 g/mol. The zero-order chi connectivity index (χ0) is 18.0. The quantitative estimate of drug-likeness (QED) is 0.469. The Balaban J connectivity index is 2.60. The summed E-state index contributed by atoms with van der Waals surface area (Å²) >= 11 is 0. The van der Waals surface area contributed by atoms with Gasteiger partial charge in [0.05, 0.1) is 33.4 Å². The van der Waals surface area contributed by atoms with E-state index in [-0.39, 0.29) is 25.0 Å². The van der Waals surface area contributed by atoms with Crippen LogP contribution in [0.1, 0.15) is 45.4 Å². The van der Waals surface area contributed by atoms with E-state index in [1.165, 1.54) is 14.2 Å². The molecule has 1 saturated heterocycles. The number of aliphatic hydroxyl groups is 1. The third kappa shape index (κ3) is 6.75. The maximum atomic E-state index is 12.1. The van der Waals surface area contributed by atoms with Crippen molar-refractivity contribution in [1.29, 1.82) is 0 Å². The number of esters is 2. The number of hydrogen-bond acceptors (Lipinski definition) is 7. The molecule has 1 heterocycles. The van der Waals surface area contributed by atoms with Gasteiger partial charge in [0, 0.05) is 19.6 Å². The molecule has 0 spiro atoms. The number of β-amino-alcohol motifs (C(OH)–C–C–N with tert-alkyl or cyclic N) is 1. The van der Waals surface area contributed by atoms with Gasteiger partial charge in [0.15, 0.2) is 5.60 Å². The van der Waals surface area contributed by atoms with Crippen molar-refractivity contribution in [2.75, 3.05) is 40.5 Å². The van der Waals surface area contributed by atoms with Crippen molar-refractivity contribution in [3.8, 4) is 0 Å². The van der Waals surface area contributed by atoms with Crippen molar-refractivity contribution in [2.24, 2.45) is 0 Å². The third-order valence-electron chi connectivity index (χ3n) is 4.34. The van der Waals surface area contributed by atoms with E-state index in [1.807, 2.05) is 4.90 Å². The van der Waals surface area contributed by atoms with E-state index in [1.54, 1.807) is 0 Å². The molecule has 2 atom stereocenters. The van der Waals surface area contributed by atoms with E-state index in [2.05, 4.69) is 11.7 Å². The lowest BCUT2D eigenvalue weighted by atomic mass is 9.94. The summed E-state index contributed by atoms with van der Waals surface area (Å²) in [6.07, 6.45) is 4.18. The van der Waals surface area contributed by atoms with Crippen LogP contribution in [0.5, 0.6) is 0 Å². The van der Waals surface area contributed by atoms with Gasteiger partial charge >= 0.3 is 11.9 Å². The lowest BCUT2D eigenvalue weighted by Crippen LogP contribution is -2.54. The maximum absolute atomic E-state index is 12.1. The zero-order valence-corrected chi connectivity index (χ0v) is 15.1. The molecule has 0 radical (unpaired) electrons. The Hall–Kier alpha value is -1.18. The van der Waals surface area contributed by atoms with Crippen LogP contribution in [-0.4, -0.2) is 74.1 Å². The first-order valence-corrected chi connectivity index (χ1v) is 8.66. The summed E-state index contributed by atoms with van der Waals surface area (Å²) in [7, 11) is 2.63. The highest BCUT2D eigenvalue weighted by molar-refractivity contribution is 5.79. The molecule has 0 amide bonds. The highest BCUT2D eigenvalue weighted by Crippen LogP contribution is 2.21. The molecular weight excluding hydrogens is 314 g/mol. The van der Waals surface area contributed by atoms with Gasteiger partial charge in [-0.2, -0.15) is 0 Å². The SMILES string of the molecule is CCCCCC[C@](O)(CN1CCO[C@@H](CC(=O)OC)C1)C(=O)OC. The molecule has 0 aromatic rings. The molecule has 7 heteroatoms. The highest BCUT2D eigenvalue weighted by Gasteiger charge is 2.39. The van der Waals surface area contributed by atoms with E-state index in [4.69, 9.17) is 9.47 Å². The standard InChI is InChI=1S/C17H31NO6/c1-4-5-6-7-8-17(21,16(20)23-3)13-18-9-10-24-14(12-18)11-15(19)22-2/h14,21H,4-13H2,1-3H3/t14-,17-/m0/s1. The fourth-order valence-electron chi connectivity index (χ4n) is 2.97. The Morgan fingerprint density at radius 1 is 1.25 bits per heavy atom. The van der Waals surface area contributed by atoms with E-state index < -0.39 is 11.6 Å². The minimum Gasteiger partial charge on any atom is -0.469 e. The largest absolute Gasteiger partial charge is 0.469 e. The van der Waals surface area contributed by atoms with Crippen LogP contribution in [0.3, 0.4) is 0 Å². The summed E-state index contributed by atoms with van der Waals surface area (Å²) < 4.78 is 15.0. The van der Waals surface area contributed by atoms with Gasteiger partial charge in [-0.25, -0.2) is 4.79 Å². The van der Waals surface area contributed by atoms with Gasteiger partial charge in [0.2, 0.25) is 0 Å². The second-order valence-electron chi connectivity index (χ2n) is 6.34. The van der Waals surface area contributed by atoms with Gasteiger partial charge in [-0.3, -0.25) is 9.69 Å². The molecule has 140 valence electrons. The molecule has 1 aliphatic heterocycles. The van der Waals surface area contributed by atoms with Crippen molar-refractivity contribution >= 4 is 11.9 Å². The number of morpholine rings is 1. The topological polar surface area (TPSA) is 85.3 Å². The zero-order valence-electron chi connectivity index (χ0n) is 15.1. The first-order valence-electron chi connectivity index (χ1n) is 8.66. The summed E-state index contributed by atoms with van der Waals surface area (Å²) in [5.74, 6) is -0.931. The molecule has 7 nitrogen and oxygen atoms in total. The number of carbonyl (C=O) groups excluding carboxylic acids is 2. The first-order chi connectivity index (χ1) is 11.4. The summed E-state index contributed by atoms with van der Waals surface area (Å²) in [5.41, 5.74) is -1.52. The van der Waals surface area contributed by atoms with Crippen LogP contribution in [0, 0.1) is 0 Å². The van der Waals surface area contributed by atoms with Crippen LogP contribution in [0.2, 0.25) is 0 Å². The average Bonchev–Trinajstić information content (AvgIpc) is 2.58. The summed E-state index contributed by atoms with van der Waals surface area (Å²) in [6, 6.07) is 0. The van der Waals surface area contributed by atoms with Gasteiger partial charge in [0.1, 0.15) is 0 Å². The molecule has 1 aliphatic rings. The Kier molecular flexibility index (Phi) is 9.25. The maximum Gasteiger partial charge on any atom is 0.339 e. The van der Waals surface area contributed by atoms with Gasteiger partial charge in [-0.15, -0.1) is 0 Å². The number of unbranched alkanes of at least 4 members (excludes halogenated alkanes) is 3. The van der Waals surface area contributed by atoms with Gasteiger partial charge in [-0.1, -0.05) is 26.2 Å². The van der Waals surface area contributed by atoms with Gasteiger partial charge in [0.25, 0.3) is 0 Å². The van der Waals surface area contributed by atoms with Crippen LogP contribution < -0.4 is 0 Å². The normalized spacial score (nSPS) is 21.1. The van der Waals surface area contributed by atoms with Crippen molar-refractivity contribution in [1.82, 2.24) is 4.90 Å². The summed E-state index contributed by atoms with van der Waals surface area (Å²) in [5, 5.41) is 10.8. The predicted molar refractivity (Wildman–Crippen MR) is 88.5 cm³/mol. The predicted octanol–water partition coefficient (Wildman–Crippen LogP) is 1.12. The first kappa shape index (κ1) is 20.9. The van der Waals surface area contributed by atoms with Crippen molar-refractivity contribution in [3.63, 3.8) is 0 Å². The number of rotatable bonds is 10. The Morgan fingerprint density at radius 2 is 2.00 bits per heavy atom. The molecule has 0 aromatic carbocycles. The van der Waals surface area contributed by atoms with Crippen LogP contribution in [0.15, 0.2) is 0 Å². The van der Waals surface area contributed by atoms with Gasteiger partial charge < -0.3 is 19.3 Å². The lowest BCUT2D eigenvalue weighted by molar-refractivity contribution is -0.168. The Bertz CT molecular complexity index is 403. The minimum atomic E-state index is -1.52. The fraction of sp³-hybridized carbons (Fsp3) is 0.882. The summed E-state index contributed by atoms with van der Waals surface area (Å²) in [6.45, 7) is 3.83. The molecule has 0 saturated carbocycles. The molecular formula is C17H31NO6. The molecule has 0 unspecified atom stereocenters. The van der Waals surface area contributed by atoms with Crippen molar-refractivity contribution in [3.05, 3.63) is 0 Å². The Morgan fingerprint density at radius 3 is 2.62 bits per heavy atom. The number of nitrogens with zero attached hydrogens (tertiary/aromatic N) is 1. The molecule has 0 aromatic heterocycles. The molecule has 1 N–H and O–H groups in total. The number of hydrogen-bond donors (Lipinski definition) is 1. The van der Waals surface area contributed by atoms with Crippen molar-refractivity contribution < 1.29 is 28.9 Å². The van der Waals surface area contributed by atoms with Crippen molar-refractivity contribution in [2.45, 2.75) is 57.2 Å². The highest BCUT2D eigenvalue weighted by atomic mass is 16.5. The van der Waals surface area contributed by atoms with Crippen LogP contribution in [0.25, 0.3) is 0 Å².